The number of rotatable bonds is 4. The molecule has 1 heterocycles. The van der Waals surface area contributed by atoms with Crippen molar-refractivity contribution in [1.29, 1.82) is 0 Å². The molecule has 0 aromatic heterocycles. The zero-order valence-electron chi connectivity index (χ0n) is 14.7. The van der Waals surface area contributed by atoms with Crippen molar-refractivity contribution in [3.8, 4) is 11.5 Å². The summed E-state index contributed by atoms with van der Waals surface area (Å²) in [6.45, 7) is 2.53. The summed E-state index contributed by atoms with van der Waals surface area (Å²) in [7, 11) is 0. The standard InChI is InChI=1S/C23H17BrO3/c1-15-6-2-3-8-17(15)14-26-18-10-11-19-21(13-18)27-22(23(19)25)12-16-7-4-5-9-20(16)24/h2-13H,14H2,1H3. The van der Waals surface area contributed by atoms with E-state index >= 15 is 0 Å². The second-order valence-corrected chi connectivity index (χ2v) is 7.19. The van der Waals surface area contributed by atoms with Crippen LogP contribution >= 0.6 is 15.9 Å². The van der Waals surface area contributed by atoms with Gasteiger partial charge in [-0.1, -0.05) is 58.4 Å². The van der Waals surface area contributed by atoms with Gasteiger partial charge in [0.25, 0.3) is 0 Å². The molecule has 0 saturated heterocycles. The largest absolute Gasteiger partial charge is 0.489 e. The molecule has 27 heavy (non-hydrogen) atoms. The Kier molecular flexibility index (Phi) is 4.82. The second kappa shape index (κ2) is 7.41. The van der Waals surface area contributed by atoms with Gasteiger partial charge in [-0.15, -0.1) is 0 Å². The molecule has 4 heteroatoms. The van der Waals surface area contributed by atoms with Crippen LogP contribution in [0.25, 0.3) is 6.08 Å². The van der Waals surface area contributed by atoms with Crippen LogP contribution < -0.4 is 9.47 Å². The van der Waals surface area contributed by atoms with Crippen molar-refractivity contribution in [2.24, 2.45) is 0 Å². The predicted octanol–water partition coefficient (Wildman–Crippen LogP) is 5.95. The molecular weight excluding hydrogens is 404 g/mol. The molecule has 0 N–H and O–H groups in total. The van der Waals surface area contributed by atoms with Gasteiger partial charge < -0.3 is 9.47 Å². The number of fused-ring (bicyclic) bond motifs is 1. The highest BCUT2D eigenvalue weighted by atomic mass is 79.9. The second-order valence-electron chi connectivity index (χ2n) is 6.33. The summed E-state index contributed by atoms with van der Waals surface area (Å²) in [4.78, 5) is 12.6. The van der Waals surface area contributed by atoms with Gasteiger partial charge >= 0.3 is 0 Å². The Morgan fingerprint density at radius 3 is 2.63 bits per heavy atom. The first-order chi connectivity index (χ1) is 13.1. The molecule has 0 unspecified atom stereocenters. The van der Waals surface area contributed by atoms with Crippen molar-refractivity contribution in [3.05, 3.63) is 99.2 Å². The van der Waals surface area contributed by atoms with Gasteiger partial charge in [0.15, 0.2) is 5.76 Å². The van der Waals surface area contributed by atoms with Crippen molar-refractivity contribution in [2.75, 3.05) is 0 Å². The molecule has 134 valence electrons. The number of halogens is 1. The number of ether oxygens (including phenoxy) is 2. The van der Waals surface area contributed by atoms with Crippen LogP contribution in [0.1, 0.15) is 27.0 Å². The van der Waals surface area contributed by atoms with Crippen LogP contribution in [-0.4, -0.2) is 5.78 Å². The lowest BCUT2D eigenvalue weighted by molar-refractivity contribution is 0.101. The zero-order valence-corrected chi connectivity index (χ0v) is 16.3. The van der Waals surface area contributed by atoms with Crippen molar-refractivity contribution < 1.29 is 14.3 Å². The number of aryl methyl sites for hydroxylation is 1. The van der Waals surface area contributed by atoms with E-state index in [1.54, 1.807) is 24.3 Å². The number of carbonyl (C=O) groups is 1. The Bertz CT molecular complexity index is 1050. The van der Waals surface area contributed by atoms with Gasteiger partial charge in [0.1, 0.15) is 18.1 Å². The first kappa shape index (κ1) is 17.6. The fourth-order valence-corrected chi connectivity index (χ4v) is 3.32. The average Bonchev–Trinajstić information content (AvgIpc) is 2.98. The van der Waals surface area contributed by atoms with Gasteiger partial charge in [-0.05, 0) is 47.9 Å². The van der Waals surface area contributed by atoms with E-state index in [1.807, 2.05) is 42.5 Å². The van der Waals surface area contributed by atoms with E-state index in [0.717, 1.165) is 15.6 Å². The van der Waals surface area contributed by atoms with Crippen LogP contribution in [0.2, 0.25) is 0 Å². The van der Waals surface area contributed by atoms with Crippen LogP contribution in [0, 0.1) is 6.92 Å². The third-order valence-corrected chi connectivity index (χ3v) is 5.21. The third-order valence-electron chi connectivity index (χ3n) is 4.49. The molecule has 0 atom stereocenters. The number of ketones is 1. The lowest BCUT2D eigenvalue weighted by atomic mass is 10.1. The van der Waals surface area contributed by atoms with Crippen LogP contribution in [0.5, 0.6) is 11.5 Å². The van der Waals surface area contributed by atoms with Gasteiger partial charge in [-0.25, -0.2) is 0 Å². The van der Waals surface area contributed by atoms with Crippen LogP contribution in [0.4, 0.5) is 0 Å². The van der Waals surface area contributed by atoms with Gasteiger partial charge in [-0.2, -0.15) is 0 Å². The minimum Gasteiger partial charge on any atom is -0.489 e. The van der Waals surface area contributed by atoms with Gasteiger partial charge in [0.05, 0.1) is 5.56 Å². The van der Waals surface area contributed by atoms with E-state index in [4.69, 9.17) is 9.47 Å². The summed E-state index contributed by atoms with van der Waals surface area (Å²) in [5.41, 5.74) is 3.76. The van der Waals surface area contributed by atoms with Gasteiger partial charge in [0.2, 0.25) is 5.78 Å². The van der Waals surface area contributed by atoms with Crippen LogP contribution in [0.3, 0.4) is 0 Å². The monoisotopic (exact) mass is 420 g/mol. The molecular formula is C23H17BrO3. The van der Waals surface area contributed by atoms with E-state index in [2.05, 4.69) is 28.9 Å². The third kappa shape index (κ3) is 3.67. The summed E-state index contributed by atoms with van der Waals surface area (Å²) in [5, 5.41) is 0. The molecule has 0 radical (unpaired) electrons. The molecule has 1 aliphatic rings. The number of carbonyl (C=O) groups excluding carboxylic acids is 1. The van der Waals surface area contributed by atoms with Crippen molar-refractivity contribution in [2.45, 2.75) is 13.5 Å². The maximum Gasteiger partial charge on any atom is 0.231 e. The topological polar surface area (TPSA) is 35.5 Å². The van der Waals surface area contributed by atoms with Crippen molar-refractivity contribution in [1.82, 2.24) is 0 Å². The minimum absolute atomic E-state index is 0.119. The van der Waals surface area contributed by atoms with E-state index in [1.165, 1.54) is 5.56 Å². The van der Waals surface area contributed by atoms with Crippen molar-refractivity contribution >= 4 is 27.8 Å². The first-order valence-corrected chi connectivity index (χ1v) is 9.41. The Morgan fingerprint density at radius 1 is 1.04 bits per heavy atom. The summed E-state index contributed by atoms with van der Waals surface area (Å²) in [5.74, 6) is 1.40. The minimum atomic E-state index is -0.119. The summed E-state index contributed by atoms with van der Waals surface area (Å²) in [6, 6.07) is 21.1. The molecule has 0 amide bonds. The van der Waals surface area contributed by atoms with E-state index < -0.39 is 0 Å². The van der Waals surface area contributed by atoms with Crippen molar-refractivity contribution in [3.63, 3.8) is 0 Å². The van der Waals surface area contributed by atoms with Crippen LogP contribution in [0.15, 0.2) is 77.0 Å². The molecule has 1 aliphatic heterocycles. The number of hydrogen-bond acceptors (Lipinski definition) is 3. The molecule has 0 fully saturated rings. The summed E-state index contributed by atoms with van der Waals surface area (Å²) in [6.07, 6.45) is 1.75. The Morgan fingerprint density at radius 2 is 1.81 bits per heavy atom. The van der Waals surface area contributed by atoms with Crippen LogP contribution in [-0.2, 0) is 6.61 Å². The Hall–Kier alpha value is -2.85. The lowest BCUT2D eigenvalue weighted by Crippen LogP contribution is -1.98. The number of hydrogen-bond donors (Lipinski definition) is 0. The van der Waals surface area contributed by atoms with E-state index in [-0.39, 0.29) is 5.78 Å². The highest BCUT2D eigenvalue weighted by molar-refractivity contribution is 9.10. The first-order valence-electron chi connectivity index (χ1n) is 8.62. The zero-order chi connectivity index (χ0) is 18.8. The van der Waals surface area contributed by atoms with E-state index in [0.29, 0.717) is 29.4 Å². The smallest absolute Gasteiger partial charge is 0.231 e. The maximum absolute atomic E-state index is 12.6. The fraction of sp³-hybridized carbons (Fsp3) is 0.0870. The quantitative estimate of drug-likeness (QED) is 0.488. The summed E-state index contributed by atoms with van der Waals surface area (Å²) >= 11 is 3.49. The molecule has 0 aliphatic carbocycles. The van der Waals surface area contributed by atoms with Gasteiger partial charge in [-0.3, -0.25) is 4.79 Å². The fourth-order valence-electron chi connectivity index (χ4n) is 2.92. The molecule has 3 nitrogen and oxygen atoms in total. The summed E-state index contributed by atoms with van der Waals surface area (Å²) < 4.78 is 12.6. The molecule has 3 aromatic carbocycles. The Labute approximate surface area is 166 Å². The maximum atomic E-state index is 12.6. The molecule has 0 spiro atoms. The normalized spacial score (nSPS) is 14.1. The molecule has 0 saturated carbocycles. The highest BCUT2D eigenvalue weighted by Gasteiger charge is 2.27. The highest BCUT2D eigenvalue weighted by Crippen LogP contribution is 2.35. The number of benzene rings is 3. The Balaban J connectivity index is 1.54. The number of Topliss-reactive ketones (excluding diaryl/α,β-unsaturated/α-hetero) is 1. The predicted molar refractivity (Wildman–Crippen MR) is 109 cm³/mol. The lowest BCUT2D eigenvalue weighted by Gasteiger charge is -2.09. The molecule has 0 bridgehead atoms. The molecule has 3 aromatic rings. The SMILES string of the molecule is Cc1ccccc1COc1ccc2c(c1)OC(=Cc1ccccc1Br)C2=O. The van der Waals surface area contributed by atoms with E-state index in [9.17, 15) is 4.79 Å². The average molecular weight is 421 g/mol. The number of allylic oxidation sites excluding steroid dienone is 1. The van der Waals surface area contributed by atoms with Gasteiger partial charge in [0, 0.05) is 10.5 Å². The molecule has 4 rings (SSSR count).